The number of rotatable bonds is 5. The number of carbonyl (C=O) groups is 1. The fourth-order valence-electron chi connectivity index (χ4n) is 1.99. The van der Waals surface area contributed by atoms with Crippen molar-refractivity contribution >= 4 is 21.8 Å². The van der Waals surface area contributed by atoms with E-state index >= 15 is 0 Å². The Labute approximate surface area is 116 Å². The third-order valence-corrected chi connectivity index (χ3v) is 4.76. The lowest BCUT2D eigenvalue weighted by atomic mass is 9.78. The summed E-state index contributed by atoms with van der Waals surface area (Å²) in [6.07, 6.45) is -0.335. The van der Waals surface area contributed by atoms with E-state index < -0.39 is 0 Å². The van der Waals surface area contributed by atoms with Crippen molar-refractivity contribution < 1.29 is 9.53 Å². The van der Waals surface area contributed by atoms with Crippen molar-refractivity contribution in [1.82, 2.24) is 5.32 Å². The molecule has 1 aliphatic heterocycles. The van der Waals surface area contributed by atoms with Gasteiger partial charge in [-0.25, -0.2) is 0 Å². The Hall–Kier alpha value is -0.870. The number of ether oxygens (including phenoxy) is 1. The fourth-order valence-corrected chi connectivity index (χ4v) is 2.34. The van der Waals surface area contributed by atoms with Crippen LogP contribution in [0.1, 0.15) is 19.4 Å². The molecule has 1 aromatic rings. The summed E-state index contributed by atoms with van der Waals surface area (Å²) >= 11 is 3.48. The third-order valence-electron chi connectivity index (χ3n) is 3.32. The SMILES string of the molecule is CC(C)(CBr)C1NC(=O)C1OCc1ccccc1. The second kappa shape index (κ2) is 5.41. The minimum atomic E-state index is -0.335. The second-order valence-corrected chi connectivity index (χ2v) is 5.89. The van der Waals surface area contributed by atoms with E-state index in [4.69, 9.17) is 4.74 Å². The average Bonchev–Trinajstić information content (AvgIpc) is 2.37. The van der Waals surface area contributed by atoms with Gasteiger partial charge in [0.25, 0.3) is 5.91 Å². The Kier molecular flexibility index (Phi) is 4.07. The second-order valence-electron chi connectivity index (χ2n) is 5.33. The van der Waals surface area contributed by atoms with Crippen molar-refractivity contribution in [3.8, 4) is 0 Å². The summed E-state index contributed by atoms with van der Waals surface area (Å²) in [5.74, 6) is -0.00930. The Morgan fingerprint density at radius 1 is 1.33 bits per heavy atom. The molecule has 4 heteroatoms. The first-order chi connectivity index (χ1) is 8.54. The number of hydrogen-bond donors (Lipinski definition) is 1. The van der Waals surface area contributed by atoms with E-state index in [1.807, 2.05) is 30.3 Å². The van der Waals surface area contributed by atoms with Crippen molar-refractivity contribution in [3.63, 3.8) is 0 Å². The molecule has 0 aromatic heterocycles. The van der Waals surface area contributed by atoms with Gasteiger partial charge in [-0.1, -0.05) is 60.1 Å². The number of hydrogen-bond acceptors (Lipinski definition) is 2. The van der Waals surface area contributed by atoms with Gasteiger partial charge in [-0.2, -0.15) is 0 Å². The average molecular weight is 312 g/mol. The highest BCUT2D eigenvalue weighted by Gasteiger charge is 2.48. The Morgan fingerprint density at radius 2 is 2.00 bits per heavy atom. The summed E-state index contributed by atoms with van der Waals surface area (Å²) < 4.78 is 5.74. The van der Waals surface area contributed by atoms with Crippen LogP contribution >= 0.6 is 15.9 Å². The number of halogens is 1. The van der Waals surface area contributed by atoms with Crippen molar-refractivity contribution in [1.29, 1.82) is 0 Å². The molecule has 0 radical (unpaired) electrons. The zero-order valence-electron chi connectivity index (χ0n) is 10.7. The monoisotopic (exact) mass is 311 g/mol. The van der Waals surface area contributed by atoms with Gasteiger partial charge in [0, 0.05) is 5.33 Å². The van der Waals surface area contributed by atoms with Crippen molar-refractivity contribution in [2.75, 3.05) is 5.33 Å². The fraction of sp³-hybridized carbons (Fsp3) is 0.500. The largest absolute Gasteiger partial charge is 0.362 e. The van der Waals surface area contributed by atoms with Crippen molar-refractivity contribution in [2.45, 2.75) is 32.6 Å². The molecule has 98 valence electrons. The molecule has 1 saturated heterocycles. The standard InChI is InChI=1S/C14H18BrNO2/c1-14(2,9-15)12-11(13(17)16-12)18-8-10-6-4-3-5-7-10/h3-7,11-12H,8-9H2,1-2H3,(H,16,17). The van der Waals surface area contributed by atoms with E-state index in [2.05, 4.69) is 35.1 Å². The van der Waals surface area contributed by atoms with Crippen LogP contribution in [-0.4, -0.2) is 23.4 Å². The number of amides is 1. The predicted molar refractivity (Wildman–Crippen MR) is 74.5 cm³/mol. The van der Waals surface area contributed by atoms with Crippen LogP contribution in [0.5, 0.6) is 0 Å². The summed E-state index contributed by atoms with van der Waals surface area (Å²) in [5, 5.41) is 3.76. The number of alkyl halides is 1. The maximum atomic E-state index is 11.6. The first kappa shape index (κ1) is 13.6. The van der Waals surface area contributed by atoms with Gasteiger partial charge in [0.15, 0.2) is 6.10 Å². The van der Waals surface area contributed by atoms with E-state index in [0.29, 0.717) is 6.61 Å². The maximum absolute atomic E-state index is 11.6. The van der Waals surface area contributed by atoms with Crippen LogP contribution < -0.4 is 5.32 Å². The van der Waals surface area contributed by atoms with Gasteiger partial charge in [0.1, 0.15) is 0 Å². The molecule has 1 fully saturated rings. The van der Waals surface area contributed by atoms with Crippen molar-refractivity contribution in [3.05, 3.63) is 35.9 Å². The van der Waals surface area contributed by atoms with Gasteiger partial charge in [-0.15, -0.1) is 0 Å². The molecular formula is C14H18BrNO2. The van der Waals surface area contributed by atoms with Gasteiger partial charge in [0.05, 0.1) is 12.6 Å². The molecule has 1 N–H and O–H groups in total. The van der Waals surface area contributed by atoms with Gasteiger partial charge < -0.3 is 10.1 Å². The number of carbonyl (C=O) groups excluding carboxylic acids is 1. The highest BCUT2D eigenvalue weighted by Crippen LogP contribution is 2.31. The lowest BCUT2D eigenvalue weighted by Gasteiger charge is -2.45. The minimum Gasteiger partial charge on any atom is -0.362 e. The van der Waals surface area contributed by atoms with E-state index in [9.17, 15) is 4.79 Å². The Morgan fingerprint density at radius 3 is 2.56 bits per heavy atom. The van der Waals surface area contributed by atoms with Gasteiger partial charge >= 0.3 is 0 Å². The molecule has 0 aliphatic carbocycles. The summed E-state index contributed by atoms with van der Waals surface area (Å²) in [7, 11) is 0. The molecule has 0 saturated carbocycles. The topological polar surface area (TPSA) is 38.3 Å². The highest BCUT2D eigenvalue weighted by molar-refractivity contribution is 9.09. The molecule has 2 atom stereocenters. The smallest absolute Gasteiger partial charge is 0.251 e. The van der Waals surface area contributed by atoms with Crippen LogP contribution in [0.25, 0.3) is 0 Å². The molecule has 0 bridgehead atoms. The van der Waals surface area contributed by atoms with Crippen LogP contribution in [0.4, 0.5) is 0 Å². The molecule has 2 unspecified atom stereocenters. The summed E-state index contributed by atoms with van der Waals surface area (Å²) in [4.78, 5) is 11.6. The van der Waals surface area contributed by atoms with E-state index in [1.165, 1.54) is 0 Å². The first-order valence-electron chi connectivity index (χ1n) is 6.06. The molecule has 0 spiro atoms. The molecule has 18 heavy (non-hydrogen) atoms. The van der Waals surface area contributed by atoms with E-state index in [1.54, 1.807) is 0 Å². The van der Waals surface area contributed by atoms with E-state index in [-0.39, 0.29) is 23.5 Å². The van der Waals surface area contributed by atoms with Crippen LogP contribution in [-0.2, 0) is 16.1 Å². The molecular weight excluding hydrogens is 294 g/mol. The quantitative estimate of drug-likeness (QED) is 0.670. The number of nitrogens with one attached hydrogen (secondary N) is 1. The highest BCUT2D eigenvalue weighted by atomic mass is 79.9. The maximum Gasteiger partial charge on any atom is 0.251 e. The van der Waals surface area contributed by atoms with Crippen LogP contribution in [0, 0.1) is 5.41 Å². The van der Waals surface area contributed by atoms with E-state index in [0.717, 1.165) is 10.9 Å². The van der Waals surface area contributed by atoms with Crippen LogP contribution in [0.15, 0.2) is 30.3 Å². The lowest BCUT2D eigenvalue weighted by Crippen LogP contribution is -2.69. The Bertz CT molecular complexity index is 419. The molecule has 1 amide bonds. The summed E-state index contributed by atoms with van der Waals surface area (Å²) in [5.41, 5.74) is 1.09. The molecule has 1 heterocycles. The first-order valence-corrected chi connectivity index (χ1v) is 7.18. The van der Waals surface area contributed by atoms with Crippen LogP contribution in [0.3, 0.4) is 0 Å². The van der Waals surface area contributed by atoms with Crippen LogP contribution in [0.2, 0.25) is 0 Å². The lowest BCUT2D eigenvalue weighted by molar-refractivity contribution is -0.155. The Balaban J connectivity index is 1.94. The molecule has 3 nitrogen and oxygen atoms in total. The zero-order valence-corrected chi connectivity index (χ0v) is 12.2. The van der Waals surface area contributed by atoms with Gasteiger partial charge in [-0.3, -0.25) is 4.79 Å². The number of β-lactam (4-membered cyclic amide) rings is 1. The summed E-state index contributed by atoms with van der Waals surface area (Å²) in [6.45, 7) is 4.71. The third kappa shape index (κ3) is 2.75. The number of benzene rings is 1. The molecule has 1 aliphatic rings. The predicted octanol–water partition coefficient (Wildman–Crippen LogP) is 2.49. The zero-order chi connectivity index (χ0) is 13.2. The minimum absolute atomic E-state index is 0.00470. The van der Waals surface area contributed by atoms with Gasteiger partial charge in [0.2, 0.25) is 0 Å². The van der Waals surface area contributed by atoms with Crippen molar-refractivity contribution in [2.24, 2.45) is 5.41 Å². The molecule has 2 rings (SSSR count). The normalized spacial score (nSPS) is 23.4. The molecule has 1 aromatic carbocycles. The summed E-state index contributed by atoms with van der Waals surface area (Å²) in [6, 6.07) is 9.99. The van der Waals surface area contributed by atoms with Gasteiger partial charge in [-0.05, 0) is 11.0 Å².